The first-order valence-electron chi connectivity index (χ1n) is 4.86. The highest BCUT2D eigenvalue weighted by molar-refractivity contribution is 5.23. The van der Waals surface area contributed by atoms with E-state index in [9.17, 15) is 0 Å². The largest absolute Gasteiger partial charge is 0.344 e. The fraction of sp³-hybridized carbons (Fsp3) is 0.778. The lowest BCUT2D eigenvalue weighted by Gasteiger charge is -2.08. The van der Waals surface area contributed by atoms with E-state index >= 15 is 0 Å². The summed E-state index contributed by atoms with van der Waals surface area (Å²) in [6.45, 7) is 5.13. The molecule has 0 amide bonds. The van der Waals surface area contributed by atoms with Gasteiger partial charge in [0.1, 0.15) is 0 Å². The Balaban J connectivity index is 2.51. The first-order chi connectivity index (χ1) is 6.63. The van der Waals surface area contributed by atoms with E-state index in [-0.39, 0.29) is 0 Å². The van der Waals surface area contributed by atoms with Gasteiger partial charge in [0.15, 0.2) is 0 Å². The highest BCUT2D eigenvalue weighted by Crippen LogP contribution is 2.07. The number of aromatic nitrogens is 2. The zero-order chi connectivity index (χ0) is 10.6. The summed E-state index contributed by atoms with van der Waals surface area (Å²) in [7, 11) is 3.78. The van der Waals surface area contributed by atoms with Crippen molar-refractivity contribution in [2.75, 3.05) is 25.5 Å². The van der Waals surface area contributed by atoms with Gasteiger partial charge in [-0.3, -0.25) is 0 Å². The van der Waals surface area contributed by atoms with Crippen LogP contribution in [0.3, 0.4) is 0 Å². The van der Waals surface area contributed by atoms with Crippen molar-refractivity contribution in [3.8, 4) is 0 Å². The zero-order valence-corrected chi connectivity index (χ0v) is 9.24. The predicted octanol–water partition coefficient (Wildman–Crippen LogP) is 0.676. The van der Waals surface area contributed by atoms with Crippen LogP contribution in [0.5, 0.6) is 0 Å². The zero-order valence-electron chi connectivity index (χ0n) is 9.24. The maximum Gasteiger partial charge on any atom is 0.265 e. The minimum atomic E-state index is 0.371. The van der Waals surface area contributed by atoms with Gasteiger partial charge in [0, 0.05) is 26.6 Å². The molecule has 14 heavy (non-hydrogen) atoms. The molecule has 1 N–H and O–H groups in total. The lowest BCUT2D eigenvalue weighted by molar-refractivity contribution is 0.362. The van der Waals surface area contributed by atoms with Crippen molar-refractivity contribution in [2.45, 2.75) is 26.3 Å². The average Bonchev–Trinajstić information content (AvgIpc) is 2.53. The number of nitrogens with zero attached hydrogens (tertiary/aromatic N) is 3. The molecule has 1 aromatic heterocycles. The third-order valence-electron chi connectivity index (χ3n) is 1.89. The molecule has 0 bridgehead atoms. The van der Waals surface area contributed by atoms with Crippen LogP contribution in [-0.2, 0) is 6.42 Å². The maximum atomic E-state index is 5.10. The second kappa shape index (κ2) is 4.95. The van der Waals surface area contributed by atoms with Crippen LogP contribution in [0, 0.1) is 0 Å². The van der Waals surface area contributed by atoms with Crippen LogP contribution in [0.25, 0.3) is 0 Å². The Morgan fingerprint density at radius 2 is 2.21 bits per heavy atom. The molecule has 5 nitrogen and oxygen atoms in total. The lowest BCUT2D eigenvalue weighted by Crippen LogP contribution is -2.27. The fourth-order valence-electron chi connectivity index (χ4n) is 1.19. The molecule has 0 saturated carbocycles. The molecule has 0 aliphatic carbocycles. The SMILES string of the molecule is CCNC(C)Cc1nc(N(C)C)no1. The van der Waals surface area contributed by atoms with Crippen molar-refractivity contribution in [1.29, 1.82) is 0 Å². The highest BCUT2D eigenvalue weighted by Gasteiger charge is 2.10. The second-order valence-corrected chi connectivity index (χ2v) is 3.55. The Morgan fingerprint density at radius 3 is 2.71 bits per heavy atom. The van der Waals surface area contributed by atoms with Gasteiger partial charge in [0.25, 0.3) is 5.95 Å². The molecule has 0 aliphatic rings. The lowest BCUT2D eigenvalue weighted by atomic mass is 10.2. The van der Waals surface area contributed by atoms with E-state index in [4.69, 9.17) is 4.52 Å². The minimum Gasteiger partial charge on any atom is -0.344 e. The number of hydrogen-bond donors (Lipinski definition) is 1. The summed E-state index contributed by atoms with van der Waals surface area (Å²) in [6.07, 6.45) is 0.773. The van der Waals surface area contributed by atoms with E-state index in [1.165, 1.54) is 0 Å². The van der Waals surface area contributed by atoms with Gasteiger partial charge in [-0.25, -0.2) is 0 Å². The molecular formula is C9H18N4O. The number of hydrogen-bond acceptors (Lipinski definition) is 5. The van der Waals surface area contributed by atoms with Crippen LogP contribution < -0.4 is 10.2 Å². The van der Waals surface area contributed by atoms with Crippen LogP contribution >= 0.6 is 0 Å². The van der Waals surface area contributed by atoms with Gasteiger partial charge >= 0.3 is 0 Å². The fourth-order valence-corrected chi connectivity index (χ4v) is 1.19. The van der Waals surface area contributed by atoms with Gasteiger partial charge < -0.3 is 14.7 Å². The van der Waals surface area contributed by atoms with Crippen molar-refractivity contribution in [1.82, 2.24) is 15.5 Å². The Morgan fingerprint density at radius 1 is 1.50 bits per heavy atom. The monoisotopic (exact) mass is 198 g/mol. The summed E-state index contributed by atoms with van der Waals surface area (Å²) >= 11 is 0. The standard InChI is InChI=1S/C9H18N4O/c1-5-10-7(2)6-8-11-9(12-14-8)13(3)4/h7,10H,5-6H2,1-4H3. The maximum absolute atomic E-state index is 5.10. The van der Waals surface area contributed by atoms with Gasteiger partial charge in [-0.1, -0.05) is 6.92 Å². The molecule has 0 spiro atoms. The molecular weight excluding hydrogens is 180 g/mol. The highest BCUT2D eigenvalue weighted by atomic mass is 16.5. The Labute approximate surface area is 84.5 Å². The molecule has 5 heteroatoms. The molecule has 0 fully saturated rings. The number of anilines is 1. The Bertz CT molecular complexity index is 272. The molecule has 1 rings (SSSR count). The summed E-state index contributed by atoms with van der Waals surface area (Å²) in [6, 6.07) is 0.371. The molecule has 0 saturated heterocycles. The number of nitrogens with one attached hydrogen (secondary N) is 1. The first kappa shape index (κ1) is 11.0. The summed E-state index contributed by atoms with van der Waals surface area (Å²) in [4.78, 5) is 6.06. The van der Waals surface area contributed by atoms with Crippen LogP contribution in [0.15, 0.2) is 4.52 Å². The topological polar surface area (TPSA) is 54.2 Å². The Kier molecular flexibility index (Phi) is 3.88. The van der Waals surface area contributed by atoms with Crippen molar-refractivity contribution >= 4 is 5.95 Å². The van der Waals surface area contributed by atoms with Crippen LogP contribution in [0.4, 0.5) is 5.95 Å². The van der Waals surface area contributed by atoms with Crippen molar-refractivity contribution in [2.24, 2.45) is 0 Å². The van der Waals surface area contributed by atoms with Crippen molar-refractivity contribution in [3.05, 3.63) is 5.89 Å². The van der Waals surface area contributed by atoms with E-state index < -0.39 is 0 Å². The van der Waals surface area contributed by atoms with Gasteiger partial charge in [-0.05, 0) is 18.6 Å². The third-order valence-corrected chi connectivity index (χ3v) is 1.89. The van der Waals surface area contributed by atoms with Crippen LogP contribution in [-0.4, -0.2) is 36.8 Å². The summed E-state index contributed by atoms with van der Waals surface area (Å²) in [5, 5.41) is 7.13. The first-order valence-corrected chi connectivity index (χ1v) is 4.86. The molecule has 1 atom stereocenters. The predicted molar refractivity (Wildman–Crippen MR) is 55.5 cm³/mol. The van der Waals surface area contributed by atoms with Gasteiger partial charge in [0.05, 0.1) is 0 Å². The molecule has 0 aliphatic heterocycles. The third kappa shape index (κ3) is 2.99. The van der Waals surface area contributed by atoms with Crippen molar-refractivity contribution in [3.63, 3.8) is 0 Å². The van der Waals surface area contributed by atoms with Gasteiger partial charge in [-0.2, -0.15) is 4.98 Å². The summed E-state index contributed by atoms with van der Waals surface area (Å²) in [5.41, 5.74) is 0. The Hall–Kier alpha value is -1.10. The average molecular weight is 198 g/mol. The van der Waals surface area contributed by atoms with Crippen molar-refractivity contribution < 1.29 is 4.52 Å². The van der Waals surface area contributed by atoms with E-state index in [0.29, 0.717) is 17.9 Å². The van der Waals surface area contributed by atoms with E-state index in [1.807, 2.05) is 19.0 Å². The summed E-state index contributed by atoms with van der Waals surface area (Å²) in [5.74, 6) is 1.31. The second-order valence-electron chi connectivity index (χ2n) is 3.55. The van der Waals surface area contributed by atoms with E-state index in [0.717, 1.165) is 13.0 Å². The normalized spacial score (nSPS) is 12.9. The van der Waals surface area contributed by atoms with Crippen LogP contribution in [0.1, 0.15) is 19.7 Å². The quantitative estimate of drug-likeness (QED) is 0.754. The molecule has 1 unspecified atom stereocenters. The van der Waals surface area contributed by atoms with E-state index in [2.05, 4.69) is 29.3 Å². The molecule has 0 aromatic carbocycles. The number of rotatable bonds is 5. The number of likely N-dealkylation sites (N-methyl/N-ethyl adjacent to an activating group) is 1. The smallest absolute Gasteiger partial charge is 0.265 e. The summed E-state index contributed by atoms with van der Waals surface area (Å²) < 4.78 is 5.10. The molecule has 1 aromatic rings. The molecule has 1 heterocycles. The minimum absolute atomic E-state index is 0.371. The van der Waals surface area contributed by atoms with Gasteiger partial charge in [0.2, 0.25) is 5.89 Å². The molecule has 80 valence electrons. The van der Waals surface area contributed by atoms with Crippen LogP contribution in [0.2, 0.25) is 0 Å². The molecule has 0 radical (unpaired) electrons. The van der Waals surface area contributed by atoms with Gasteiger partial charge in [-0.15, -0.1) is 0 Å². The van der Waals surface area contributed by atoms with E-state index in [1.54, 1.807) is 0 Å².